The van der Waals surface area contributed by atoms with E-state index in [-0.39, 0.29) is 17.9 Å². The molecule has 0 aliphatic heterocycles. The van der Waals surface area contributed by atoms with E-state index >= 15 is 0 Å². The highest BCUT2D eigenvalue weighted by molar-refractivity contribution is 5.81. The molecular weight excluding hydrogens is 248 g/mol. The van der Waals surface area contributed by atoms with Gasteiger partial charge < -0.3 is 14.8 Å². The zero-order valence-corrected chi connectivity index (χ0v) is 12.4. The van der Waals surface area contributed by atoms with Gasteiger partial charge in [-0.25, -0.2) is 0 Å². The highest BCUT2D eigenvalue weighted by atomic mass is 16.5. The average molecular weight is 274 g/mol. The smallest absolute Gasteiger partial charge is 0.305 e. The van der Waals surface area contributed by atoms with E-state index in [1.54, 1.807) is 7.11 Å². The van der Waals surface area contributed by atoms with Gasteiger partial charge in [0, 0.05) is 26.7 Å². The van der Waals surface area contributed by atoms with Gasteiger partial charge in [-0.15, -0.1) is 0 Å². The zero-order chi connectivity index (χ0) is 14.7. The van der Waals surface area contributed by atoms with Crippen LogP contribution in [0.5, 0.6) is 0 Å². The monoisotopic (exact) mass is 274 g/mol. The second-order valence-electron chi connectivity index (χ2n) is 4.47. The number of nitrogens with one attached hydrogen (secondary N) is 1. The number of carbonyl (C=O) groups is 2. The fourth-order valence-corrected chi connectivity index (χ4v) is 1.54. The molecule has 0 radical (unpaired) electrons. The van der Waals surface area contributed by atoms with Crippen LogP contribution in [0.2, 0.25) is 0 Å². The maximum Gasteiger partial charge on any atom is 0.305 e. The summed E-state index contributed by atoms with van der Waals surface area (Å²) in [6.45, 7) is 3.79. The lowest BCUT2D eigenvalue weighted by Crippen LogP contribution is -2.44. The van der Waals surface area contributed by atoms with Gasteiger partial charge in [-0.1, -0.05) is 0 Å². The lowest BCUT2D eigenvalue weighted by atomic mass is 10.2. The first kappa shape index (κ1) is 17.9. The van der Waals surface area contributed by atoms with Gasteiger partial charge >= 0.3 is 5.97 Å². The molecule has 0 aliphatic carbocycles. The minimum absolute atomic E-state index is 0.00308. The number of methoxy groups -OCH3 is 2. The summed E-state index contributed by atoms with van der Waals surface area (Å²) in [6, 6.07) is -0.208. The topological polar surface area (TPSA) is 67.9 Å². The Morgan fingerprint density at radius 3 is 2.53 bits per heavy atom. The van der Waals surface area contributed by atoms with Gasteiger partial charge in [0.1, 0.15) is 0 Å². The average Bonchev–Trinajstić information content (AvgIpc) is 2.42. The number of hydrogen-bond acceptors (Lipinski definition) is 5. The van der Waals surface area contributed by atoms with Crippen LogP contribution in [0.1, 0.15) is 26.2 Å². The van der Waals surface area contributed by atoms with E-state index < -0.39 is 0 Å². The summed E-state index contributed by atoms with van der Waals surface area (Å²) in [4.78, 5) is 24.7. The number of rotatable bonds is 10. The van der Waals surface area contributed by atoms with E-state index in [0.29, 0.717) is 32.5 Å². The first-order valence-corrected chi connectivity index (χ1v) is 6.56. The molecule has 112 valence electrons. The molecule has 6 heteroatoms. The predicted molar refractivity (Wildman–Crippen MR) is 72.8 cm³/mol. The van der Waals surface area contributed by atoms with Crippen molar-refractivity contribution < 1.29 is 19.1 Å². The molecule has 1 atom stereocenters. The molecule has 1 amide bonds. The SMILES string of the molecule is COCCCNC(=O)C(C)N(C)CCCC(=O)OC. The minimum atomic E-state index is -0.218. The molecular formula is C13H26N2O4. The Bertz CT molecular complexity index is 271. The number of ether oxygens (including phenoxy) is 2. The molecule has 0 aromatic rings. The Balaban J connectivity index is 3.80. The summed E-state index contributed by atoms with van der Waals surface area (Å²) < 4.78 is 9.48. The van der Waals surface area contributed by atoms with E-state index in [4.69, 9.17) is 4.74 Å². The van der Waals surface area contributed by atoms with Crippen LogP contribution in [-0.2, 0) is 19.1 Å². The van der Waals surface area contributed by atoms with Crippen molar-refractivity contribution in [3.63, 3.8) is 0 Å². The number of likely N-dealkylation sites (N-methyl/N-ethyl adjacent to an activating group) is 1. The second kappa shape index (κ2) is 10.8. The Morgan fingerprint density at radius 1 is 1.26 bits per heavy atom. The summed E-state index contributed by atoms with van der Waals surface area (Å²) in [6.07, 6.45) is 1.87. The fraction of sp³-hybridized carbons (Fsp3) is 0.846. The van der Waals surface area contributed by atoms with Crippen molar-refractivity contribution in [3.05, 3.63) is 0 Å². The first-order chi connectivity index (χ1) is 9.02. The molecule has 0 saturated heterocycles. The molecule has 0 heterocycles. The van der Waals surface area contributed by atoms with Crippen molar-refractivity contribution in [2.75, 3.05) is 41.0 Å². The molecule has 0 spiro atoms. The van der Waals surface area contributed by atoms with Crippen LogP contribution in [0, 0.1) is 0 Å². The van der Waals surface area contributed by atoms with E-state index in [9.17, 15) is 9.59 Å². The quantitative estimate of drug-likeness (QED) is 0.462. The third-order valence-corrected chi connectivity index (χ3v) is 2.98. The van der Waals surface area contributed by atoms with Crippen LogP contribution < -0.4 is 5.32 Å². The number of carbonyl (C=O) groups excluding carboxylic acids is 2. The third kappa shape index (κ3) is 8.56. The van der Waals surface area contributed by atoms with E-state index in [2.05, 4.69) is 10.1 Å². The van der Waals surface area contributed by atoms with Gasteiger partial charge in [-0.3, -0.25) is 14.5 Å². The van der Waals surface area contributed by atoms with E-state index in [1.807, 2.05) is 18.9 Å². The number of nitrogens with zero attached hydrogens (tertiary/aromatic N) is 1. The maximum absolute atomic E-state index is 11.8. The van der Waals surface area contributed by atoms with E-state index in [0.717, 1.165) is 6.42 Å². The van der Waals surface area contributed by atoms with Gasteiger partial charge in [0.05, 0.1) is 13.2 Å². The summed E-state index contributed by atoms with van der Waals surface area (Å²) in [5, 5.41) is 2.86. The largest absolute Gasteiger partial charge is 0.469 e. The summed E-state index contributed by atoms with van der Waals surface area (Å²) in [5.74, 6) is -0.221. The first-order valence-electron chi connectivity index (χ1n) is 6.56. The standard InChI is InChI=1S/C13H26N2O4/c1-11(13(17)14-8-6-10-18-3)15(2)9-5-7-12(16)19-4/h11H,5-10H2,1-4H3,(H,14,17). The predicted octanol–water partition coefficient (Wildman–Crippen LogP) is 0.413. The number of esters is 1. The molecule has 0 fully saturated rings. The number of hydrogen-bond donors (Lipinski definition) is 1. The highest BCUT2D eigenvalue weighted by Crippen LogP contribution is 2.00. The molecule has 19 heavy (non-hydrogen) atoms. The minimum Gasteiger partial charge on any atom is -0.469 e. The van der Waals surface area contributed by atoms with Crippen molar-refractivity contribution in [2.24, 2.45) is 0 Å². The Kier molecular flexibility index (Phi) is 10.1. The van der Waals surface area contributed by atoms with Crippen LogP contribution in [0.15, 0.2) is 0 Å². The molecule has 1 N–H and O–H groups in total. The van der Waals surface area contributed by atoms with Crippen LogP contribution in [0.25, 0.3) is 0 Å². The zero-order valence-electron chi connectivity index (χ0n) is 12.4. The van der Waals surface area contributed by atoms with Gasteiger partial charge in [0.15, 0.2) is 0 Å². The summed E-state index contributed by atoms with van der Waals surface area (Å²) in [7, 11) is 4.89. The molecule has 0 saturated carbocycles. The van der Waals surface area contributed by atoms with Crippen LogP contribution in [0.3, 0.4) is 0 Å². The van der Waals surface area contributed by atoms with Crippen LogP contribution in [-0.4, -0.2) is 63.8 Å². The number of amides is 1. The second-order valence-corrected chi connectivity index (χ2v) is 4.47. The molecule has 0 aliphatic rings. The van der Waals surface area contributed by atoms with Crippen molar-refractivity contribution in [1.29, 1.82) is 0 Å². The van der Waals surface area contributed by atoms with Crippen molar-refractivity contribution in [1.82, 2.24) is 10.2 Å². The summed E-state index contributed by atoms with van der Waals surface area (Å²) >= 11 is 0. The highest BCUT2D eigenvalue weighted by Gasteiger charge is 2.17. The fourth-order valence-electron chi connectivity index (χ4n) is 1.54. The van der Waals surface area contributed by atoms with Crippen molar-refractivity contribution >= 4 is 11.9 Å². The Morgan fingerprint density at radius 2 is 1.95 bits per heavy atom. The molecule has 0 rings (SSSR count). The van der Waals surface area contributed by atoms with E-state index in [1.165, 1.54) is 7.11 Å². The molecule has 1 unspecified atom stereocenters. The van der Waals surface area contributed by atoms with Crippen molar-refractivity contribution in [2.45, 2.75) is 32.2 Å². The van der Waals surface area contributed by atoms with Crippen molar-refractivity contribution in [3.8, 4) is 0 Å². The third-order valence-electron chi connectivity index (χ3n) is 2.98. The van der Waals surface area contributed by atoms with Gasteiger partial charge in [0.2, 0.25) is 5.91 Å². The Labute approximate surface area is 115 Å². The lowest BCUT2D eigenvalue weighted by Gasteiger charge is -2.23. The molecule has 0 aromatic heterocycles. The van der Waals surface area contributed by atoms with Crippen LogP contribution in [0.4, 0.5) is 0 Å². The maximum atomic E-state index is 11.8. The summed E-state index contributed by atoms with van der Waals surface area (Å²) in [5.41, 5.74) is 0. The van der Waals surface area contributed by atoms with Gasteiger partial charge in [-0.2, -0.15) is 0 Å². The lowest BCUT2D eigenvalue weighted by molar-refractivity contribution is -0.140. The molecule has 0 bridgehead atoms. The normalized spacial score (nSPS) is 12.3. The molecule has 6 nitrogen and oxygen atoms in total. The Hall–Kier alpha value is -1.14. The van der Waals surface area contributed by atoms with Gasteiger partial charge in [-0.05, 0) is 33.4 Å². The molecule has 0 aromatic carbocycles. The van der Waals surface area contributed by atoms with Crippen LogP contribution >= 0.6 is 0 Å². The van der Waals surface area contributed by atoms with Gasteiger partial charge in [0.25, 0.3) is 0 Å².